The van der Waals surface area contributed by atoms with Crippen molar-refractivity contribution in [3.63, 3.8) is 0 Å². The molecule has 0 saturated heterocycles. The van der Waals surface area contributed by atoms with Crippen molar-refractivity contribution in [2.45, 2.75) is 0 Å². The van der Waals surface area contributed by atoms with Crippen LogP contribution < -0.4 is 10.1 Å². The molecule has 0 aromatic carbocycles. The molecule has 1 rings (SSSR count). The predicted octanol–water partition coefficient (Wildman–Crippen LogP) is 1.89. The Kier molecular flexibility index (Phi) is 2.70. The third kappa shape index (κ3) is 1.83. The van der Waals surface area contributed by atoms with Crippen LogP contribution in [0.25, 0.3) is 0 Å². The molecule has 0 unspecified atom stereocenters. The number of hydrogen-bond acceptors (Lipinski definition) is 3. The molecule has 3 nitrogen and oxygen atoms in total. The Labute approximate surface area is 73.9 Å². The van der Waals surface area contributed by atoms with Crippen molar-refractivity contribution < 1.29 is 4.74 Å². The quantitative estimate of drug-likeness (QED) is 0.821. The van der Waals surface area contributed by atoms with Gasteiger partial charge < -0.3 is 10.1 Å². The summed E-state index contributed by atoms with van der Waals surface area (Å²) in [4.78, 5) is 4.08. The molecule has 1 N–H and O–H groups in total. The number of anilines is 1. The van der Waals surface area contributed by atoms with Crippen LogP contribution in [0.2, 0.25) is 0 Å². The molecule has 0 amide bonds. The van der Waals surface area contributed by atoms with Crippen molar-refractivity contribution in [3.05, 3.63) is 16.7 Å². The zero-order valence-electron chi connectivity index (χ0n) is 6.39. The Morgan fingerprint density at radius 3 is 2.91 bits per heavy atom. The van der Waals surface area contributed by atoms with Gasteiger partial charge in [0, 0.05) is 17.7 Å². The Bertz CT molecular complexity index is 252. The summed E-state index contributed by atoms with van der Waals surface area (Å²) < 4.78 is 5.97. The number of hydrogen-bond donors (Lipinski definition) is 1. The fourth-order valence-corrected chi connectivity index (χ4v) is 1.07. The number of aromatic nitrogens is 1. The second-order valence-corrected chi connectivity index (χ2v) is 2.87. The van der Waals surface area contributed by atoms with Gasteiger partial charge >= 0.3 is 0 Å². The minimum Gasteiger partial charge on any atom is -0.493 e. The topological polar surface area (TPSA) is 34.2 Å². The van der Waals surface area contributed by atoms with Crippen LogP contribution in [0.4, 0.5) is 5.82 Å². The molecule has 1 aromatic rings. The monoisotopic (exact) mass is 216 g/mol. The van der Waals surface area contributed by atoms with Crippen molar-refractivity contribution in [2.75, 3.05) is 19.5 Å². The van der Waals surface area contributed by atoms with Crippen molar-refractivity contribution in [1.29, 1.82) is 0 Å². The second kappa shape index (κ2) is 3.57. The van der Waals surface area contributed by atoms with E-state index in [1.54, 1.807) is 20.4 Å². The third-order valence-electron chi connectivity index (χ3n) is 1.28. The van der Waals surface area contributed by atoms with Gasteiger partial charge in [0.15, 0.2) is 11.6 Å². The van der Waals surface area contributed by atoms with Crippen LogP contribution in [0.5, 0.6) is 5.75 Å². The van der Waals surface area contributed by atoms with E-state index in [1.165, 1.54) is 0 Å². The SMILES string of the molecule is CNc1ncc(Br)cc1OC. The Balaban J connectivity index is 3.06. The van der Waals surface area contributed by atoms with E-state index in [0.29, 0.717) is 0 Å². The summed E-state index contributed by atoms with van der Waals surface area (Å²) in [5.41, 5.74) is 0. The average Bonchev–Trinajstić information content (AvgIpc) is 2.04. The first-order chi connectivity index (χ1) is 5.27. The molecular weight excluding hydrogens is 208 g/mol. The molecule has 1 heterocycles. The lowest BCUT2D eigenvalue weighted by Gasteiger charge is -2.05. The standard InChI is InChI=1S/C7H9BrN2O/c1-9-7-6(11-2)3-5(8)4-10-7/h3-4H,1-2H3,(H,9,10). The molecule has 0 saturated carbocycles. The minimum absolute atomic E-state index is 0.738. The van der Waals surface area contributed by atoms with E-state index >= 15 is 0 Å². The molecule has 0 aliphatic rings. The van der Waals surface area contributed by atoms with Crippen LogP contribution in [-0.2, 0) is 0 Å². The van der Waals surface area contributed by atoms with Gasteiger partial charge in [-0.05, 0) is 22.0 Å². The average molecular weight is 217 g/mol. The number of methoxy groups -OCH3 is 1. The van der Waals surface area contributed by atoms with Gasteiger partial charge in [-0.1, -0.05) is 0 Å². The van der Waals surface area contributed by atoms with E-state index < -0.39 is 0 Å². The molecule has 0 atom stereocenters. The van der Waals surface area contributed by atoms with Crippen LogP contribution in [0.3, 0.4) is 0 Å². The Hall–Kier alpha value is -0.770. The number of rotatable bonds is 2. The van der Waals surface area contributed by atoms with E-state index in [1.807, 2.05) is 6.07 Å². The van der Waals surface area contributed by atoms with Gasteiger partial charge in [0.05, 0.1) is 7.11 Å². The molecule has 60 valence electrons. The van der Waals surface area contributed by atoms with Crippen LogP contribution in [0.1, 0.15) is 0 Å². The summed E-state index contributed by atoms with van der Waals surface area (Å²) in [5.74, 6) is 1.48. The third-order valence-corrected chi connectivity index (χ3v) is 1.71. The van der Waals surface area contributed by atoms with Gasteiger partial charge in [0.25, 0.3) is 0 Å². The van der Waals surface area contributed by atoms with Gasteiger partial charge in [-0.15, -0.1) is 0 Å². The van der Waals surface area contributed by atoms with E-state index in [4.69, 9.17) is 4.74 Å². The molecule has 0 aliphatic heterocycles. The number of nitrogens with one attached hydrogen (secondary N) is 1. The first-order valence-electron chi connectivity index (χ1n) is 3.15. The minimum atomic E-state index is 0.738. The zero-order chi connectivity index (χ0) is 8.27. The number of halogens is 1. The van der Waals surface area contributed by atoms with Crippen molar-refractivity contribution in [3.8, 4) is 5.75 Å². The molecule has 0 radical (unpaired) electrons. The molecule has 0 aliphatic carbocycles. The maximum absolute atomic E-state index is 5.06. The normalized spacial score (nSPS) is 9.36. The molecule has 0 fully saturated rings. The first-order valence-corrected chi connectivity index (χ1v) is 3.94. The van der Waals surface area contributed by atoms with E-state index in [0.717, 1.165) is 16.0 Å². The van der Waals surface area contributed by atoms with Gasteiger partial charge in [-0.3, -0.25) is 0 Å². The van der Waals surface area contributed by atoms with E-state index in [-0.39, 0.29) is 0 Å². The molecule has 11 heavy (non-hydrogen) atoms. The van der Waals surface area contributed by atoms with Crippen molar-refractivity contribution in [2.24, 2.45) is 0 Å². The van der Waals surface area contributed by atoms with Gasteiger partial charge in [0.2, 0.25) is 0 Å². The van der Waals surface area contributed by atoms with Gasteiger partial charge in [-0.2, -0.15) is 0 Å². The summed E-state index contributed by atoms with van der Waals surface area (Å²) in [7, 11) is 3.42. The van der Waals surface area contributed by atoms with Crippen molar-refractivity contribution in [1.82, 2.24) is 4.98 Å². The summed E-state index contributed by atoms with van der Waals surface area (Å²) in [5, 5.41) is 2.92. The van der Waals surface area contributed by atoms with Crippen molar-refractivity contribution >= 4 is 21.7 Å². The lowest BCUT2D eigenvalue weighted by atomic mass is 10.4. The number of nitrogens with zero attached hydrogens (tertiary/aromatic N) is 1. The lowest BCUT2D eigenvalue weighted by molar-refractivity contribution is 0.415. The highest BCUT2D eigenvalue weighted by molar-refractivity contribution is 9.10. The van der Waals surface area contributed by atoms with Gasteiger partial charge in [0.1, 0.15) is 0 Å². The van der Waals surface area contributed by atoms with Crippen LogP contribution in [0.15, 0.2) is 16.7 Å². The zero-order valence-corrected chi connectivity index (χ0v) is 7.97. The fraction of sp³-hybridized carbons (Fsp3) is 0.286. The maximum Gasteiger partial charge on any atom is 0.168 e. The summed E-state index contributed by atoms with van der Waals surface area (Å²) >= 11 is 3.30. The maximum atomic E-state index is 5.06. The molecule has 4 heteroatoms. The number of pyridine rings is 1. The largest absolute Gasteiger partial charge is 0.493 e. The Morgan fingerprint density at radius 2 is 2.36 bits per heavy atom. The van der Waals surface area contributed by atoms with E-state index in [2.05, 4.69) is 26.2 Å². The summed E-state index contributed by atoms with van der Waals surface area (Å²) in [6, 6.07) is 1.86. The molecular formula is C7H9BrN2O. The number of ether oxygens (including phenoxy) is 1. The fourth-order valence-electron chi connectivity index (χ4n) is 0.764. The molecule has 0 spiro atoms. The van der Waals surface area contributed by atoms with Crippen LogP contribution in [-0.4, -0.2) is 19.1 Å². The molecule has 1 aromatic heterocycles. The Morgan fingerprint density at radius 1 is 1.64 bits per heavy atom. The first kappa shape index (κ1) is 8.33. The van der Waals surface area contributed by atoms with Crippen LogP contribution in [0, 0.1) is 0 Å². The second-order valence-electron chi connectivity index (χ2n) is 1.95. The summed E-state index contributed by atoms with van der Waals surface area (Å²) in [6.45, 7) is 0. The van der Waals surface area contributed by atoms with E-state index in [9.17, 15) is 0 Å². The van der Waals surface area contributed by atoms with Crippen LogP contribution >= 0.6 is 15.9 Å². The lowest BCUT2D eigenvalue weighted by Crippen LogP contribution is -1.95. The molecule has 0 bridgehead atoms. The predicted molar refractivity (Wildman–Crippen MR) is 48.0 cm³/mol. The van der Waals surface area contributed by atoms with Gasteiger partial charge in [-0.25, -0.2) is 4.98 Å². The highest BCUT2D eigenvalue weighted by Crippen LogP contribution is 2.24. The highest BCUT2D eigenvalue weighted by atomic mass is 79.9. The summed E-state index contributed by atoms with van der Waals surface area (Å²) in [6.07, 6.45) is 1.72. The highest BCUT2D eigenvalue weighted by Gasteiger charge is 2.01. The smallest absolute Gasteiger partial charge is 0.168 e.